The number of benzene rings is 2. The highest BCUT2D eigenvalue weighted by Gasteiger charge is 2.22. The maximum Gasteiger partial charge on any atom is 0.255 e. The Kier molecular flexibility index (Phi) is 6.60. The Morgan fingerprint density at radius 1 is 1.03 bits per heavy atom. The molecule has 0 aliphatic heterocycles. The van der Waals surface area contributed by atoms with Crippen molar-refractivity contribution < 1.29 is 4.79 Å². The van der Waals surface area contributed by atoms with Gasteiger partial charge in [0.1, 0.15) is 5.69 Å². The normalized spacial score (nSPS) is 12.1. The van der Waals surface area contributed by atoms with E-state index < -0.39 is 0 Å². The molecule has 158 valence electrons. The third kappa shape index (κ3) is 5.29. The van der Waals surface area contributed by atoms with E-state index >= 15 is 0 Å². The smallest absolute Gasteiger partial charge is 0.255 e. The monoisotopic (exact) mass is 430 g/mol. The molecule has 4 aromatic rings. The van der Waals surface area contributed by atoms with Gasteiger partial charge in [0.15, 0.2) is 0 Å². The van der Waals surface area contributed by atoms with E-state index in [2.05, 4.69) is 22.3 Å². The van der Waals surface area contributed by atoms with Crippen LogP contribution in [0.25, 0.3) is 10.6 Å². The largest absolute Gasteiger partial charge is 0.344 e. The molecular weight excluding hydrogens is 404 g/mol. The third-order valence-corrected chi connectivity index (χ3v) is 5.88. The van der Waals surface area contributed by atoms with Crippen molar-refractivity contribution in [3.8, 4) is 10.6 Å². The summed E-state index contributed by atoms with van der Waals surface area (Å²) in [5.74, 6) is -0.113. The molecule has 0 aliphatic carbocycles. The average Bonchev–Trinajstić information content (AvgIpc) is 3.44. The fraction of sp³-hybridized carbons (Fsp3) is 0.200. The first kappa shape index (κ1) is 21.0. The lowest BCUT2D eigenvalue weighted by atomic mass is 10.1. The van der Waals surface area contributed by atoms with Crippen LogP contribution in [0.1, 0.15) is 27.5 Å². The number of nitrogens with zero attached hydrogens (tertiary/aromatic N) is 3. The minimum atomic E-state index is -0.114. The van der Waals surface area contributed by atoms with Gasteiger partial charge in [0, 0.05) is 12.7 Å². The molecule has 0 unspecified atom stereocenters. The zero-order chi connectivity index (χ0) is 21.6. The van der Waals surface area contributed by atoms with Gasteiger partial charge in [-0.3, -0.25) is 9.48 Å². The van der Waals surface area contributed by atoms with Crippen LogP contribution in [0.3, 0.4) is 0 Å². The Bertz CT molecular complexity index is 1110. The molecule has 0 fully saturated rings. The van der Waals surface area contributed by atoms with E-state index in [1.165, 1.54) is 0 Å². The van der Waals surface area contributed by atoms with Gasteiger partial charge in [0.05, 0.1) is 23.0 Å². The summed E-state index contributed by atoms with van der Waals surface area (Å²) in [6.07, 6.45) is 1.86. The molecule has 31 heavy (non-hydrogen) atoms. The van der Waals surface area contributed by atoms with E-state index in [1.54, 1.807) is 11.3 Å². The second-order valence-electron chi connectivity index (χ2n) is 7.75. The predicted molar refractivity (Wildman–Crippen MR) is 126 cm³/mol. The topological polar surface area (TPSA) is 50.2 Å². The van der Waals surface area contributed by atoms with Gasteiger partial charge >= 0.3 is 0 Å². The maximum atomic E-state index is 13.4. The van der Waals surface area contributed by atoms with Crippen LogP contribution in [-0.2, 0) is 6.54 Å². The van der Waals surface area contributed by atoms with E-state index in [-0.39, 0.29) is 11.9 Å². The molecule has 0 aliphatic rings. The third-order valence-electron chi connectivity index (χ3n) is 5.00. The molecule has 1 amide bonds. The lowest BCUT2D eigenvalue weighted by Crippen LogP contribution is -2.35. The molecule has 4 rings (SSSR count). The molecule has 0 saturated heterocycles. The van der Waals surface area contributed by atoms with Gasteiger partial charge in [-0.05, 0) is 36.7 Å². The van der Waals surface area contributed by atoms with E-state index in [9.17, 15) is 4.79 Å². The van der Waals surface area contributed by atoms with Crippen molar-refractivity contribution in [3.05, 3.63) is 101 Å². The Labute approximate surface area is 187 Å². The summed E-state index contributed by atoms with van der Waals surface area (Å²) in [6.45, 7) is 1.33. The number of rotatable bonds is 8. The zero-order valence-electron chi connectivity index (χ0n) is 17.7. The van der Waals surface area contributed by atoms with Gasteiger partial charge in [-0.25, -0.2) is 0 Å². The van der Waals surface area contributed by atoms with Gasteiger partial charge in [0.25, 0.3) is 5.91 Å². The summed E-state index contributed by atoms with van der Waals surface area (Å²) in [5, 5.41) is 10.0. The molecule has 1 atom stereocenters. The van der Waals surface area contributed by atoms with Crippen molar-refractivity contribution in [1.29, 1.82) is 0 Å². The second-order valence-corrected chi connectivity index (χ2v) is 8.70. The van der Waals surface area contributed by atoms with Crippen LogP contribution in [0, 0.1) is 0 Å². The van der Waals surface area contributed by atoms with Gasteiger partial charge in [-0.2, -0.15) is 5.10 Å². The van der Waals surface area contributed by atoms with Crippen LogP contribution in [0.4, 0.5) is 0 Å². The van der Waals surface area contributed by atoms with Gasteiger partial charge in [-0.1, -0.05) is 66.7 Å². The van der Waals surface area contributed by atoms with E-state index in [0.29, 0.717) is 18.7 Å². The zero-order valence-corrected chi connectivity index (χ0v) is 18.5. The van der Waals surface area contributed by atoms with Crippen LogP contribution < -0.4 is 5.32 Å². The Balaban J connectivity index is 1.64. The number of hydrogen-bond acceptors (Lipinski definition) is 4. The molecule has 1 N–H and O–H groups in total. The first-order valence-electron chi connectivity index (χ1n) is 10.3. The second kappa shape index (κ2) is 9.73. The minimum Gasteiger partial charge on any atom is -0.344 e. The van der Waals surface area contributed by atoms with Crippen LogP contribution in [0.5, 0.6) is 0 Å². The number of aromatic nitrogens is 2. The van der Waals surface area contributed by atoms with E-state index in [0.717, 1.165) is 21.7 Å². The highest BCUT2D eigenvalue weighted by Crippen LogP contribution is 2.27. The molecule has 0 bridgehead atoms. The van der Waals surface area contributed by atoms with Crippen molar-refractivity contribution in [2.24, 2.45) is 0 Å². The van der Waals surface area contributed by atoms with Crippen molar-refractivity contribution >= 4 is 17.2 Å². The number of likely N-dealkylation sites (N-methyl/N-ethyl adjacent to an activating group) is 1. The molecule has 2 aromatic heterocycles. The predicted octanol–water partition coefficient (Wildman–Crippen LogP) is 4.69. The number of thiophene rings is 1. The molecule has 5 nitrogen and oxygen atoms in total. The quantitative estimate of drug-likeness (QED) is 0.441. The molecule has 6 heteroatoms. The Morgan fingerprint density at radius 3 is 2.39 bits per heavy atom. The summed E-state index contributed by atoms with van der Waals surface area (Å²) in [6, 6.07) is 24.1. The fourth-order valence-electron chi connectivity index (χ4n) is 3.56. The van der Waals surface area contributed by atoms with Crippen molar-refractivity contribution in [1.82, 2.24) is 20.0 Å². The van der Waals surface area contributed by atoms with Crippen molar-refractivity contribution in [2.75, 3.05) is 20.6 Å². The molecule has 0 spiro atoms. The van der Waals surface area contributed by atoms with E-state index in [4.69, 9.17) is 5.10 Å². The van der Waals surface area contributed by atoms with Crippen LogP contribution in [0.15, 0.2) is 84.4 Å². The highest BCUT2D eigenvalue weighted by atomic mass is 32.1. The minimum absolute atomic E-state index is 0.113. The number of carbonyl (C=O) groups is 1. The Hall–Kier alpha value is -3.22. The van der Waals surface area contributed by atoms with E-state index in [1.807, 2.05) is 91.0 Å². The van der Waals surface area contributed by atoms with Crippen LogP contribution >= 0.6 is 11.3 Å². The van der Waals surface area contributed by atoms with Crippen LogP contribution in [-0.4, -0.2) is 41.2 Å². The number of hydrogen-bond donors (Lipinski definition) is 1. The van der Waals surface area contributed by atoms with Crippen LogP contribution in [0.2, 0.25) is 0 Å². The highest BCUT2D eigenvalue weighted by molar-refractivity contribution is 7.13. The first-order chi connectivity index (χ1) is 15.1. The van der Waals surface area contributed by atoms with Crippen molar-refractivity contribution in [2.45, 2.75) is 12.6 Å². The number of carbonyl (C=O) groups excluding carboxylic acids is 1. The fourth-order valence-corrected chi connectivity index (χ4v) is 4.28. The number of amides is 1. The maximum absolute atomic E-state index is 13.4. The lowest BCUT2D eigenvalue weighted by Gasteiger charge is -2.22. The van der Waals surface area contributed by atoms with Gasteiger partial charge in [-0.15, -0.1) is 11.3 Å². The average molecular weight is 431 g/mol. The SMILES string of the molecule is CN(C)C[C@@H](NC(=O)c1cn(Cc2ccccc2)nc1-c1cccs1)c1ccccc1. The Morgan fingerprint density at radius 2 is 1.74 bits per heavy atom. The molecule has 0 saturated carbocycles. The standard InChI is InChI=1S/C25H26N4OS/c1-28(2)18-22(20-12-7-4-8-13-20)26-25(30)21-17-29(16-19-10-5-3-6-11-19)27-24(21)23-14-9-15-31-23/h3-15,17,22H,16,18H2,1-2H3,(H,26,30)/t22-/m1/s1. The van der Waals surface area contributed by atoms with Gasteiger partial charge < -0.3 is 10.2 Å². The van der Waals surface area contributed by atoms with Crippen molar-refractivity contribution in [3.63, 3.8) is 0 Å². The summed E-state index contributed by atoms with van der Waals surface area (Å²) in [7, 11) is 4.02. The molecule has 0 radical (unpaired) electrons. The summed E-state index contributed by atoms with van der Waals surface area (Å²) in [5.41, 5.74) is 3.54. The lowest BCUT2D eigenvalue weighted by molar-refractivity contribution is 0.0930. The van der Waals surface area contributed by atoms with Gasteiger partial charge in [0.2, 0.25) is 0 Å². The number of nitrogens with one attached hydrogen (secondary N) is 1. The molecule has 2 heterocycles. The molecular formula is C25H26N4OS. The first-order valence-corrected chi connectivity index (χ1v) is 11.1. The summed E-state index contributed by atoms with van der Waals surface area (Å²) >= 11 is 1.59. The summed E-state index contributed by atoms with van der Waals surface area (Å²) in [4.78, 5) is 16.5. The molecule has 2 aromatic carbocycles. The summed E-state index contributed by atoms with van der Waals surface area (Å²) < 4.78 is 1.85.